The van der Waals surface area contributed by atoms with Crippen molar-refractivity contribution < 1.29 is 9.90 Å². The minimum atomic E-state index is -0.644. The zero-order valence-corrected chi connectivity index (χ0v) is 14.1. The summed E-state index contributed by atoms with van der Waals surface area (Å²) in [4.78, 5) is 16.8. The number of carbonyl (C=O) groups is 1. The summed E-state index contributed by atoms with van der Waals surface area (Å²) in [5, 5.41) is 9.94. The van der Waals surface area contributed by atoms with E-state index in [0.29, 0.717) is 25.1 Å². The van der Waals surface area contributed by atoms with E-state index in [1.54, 1.807) is 4.90 Å². The highest BCUT2D eigenvalue weighted by molar-refractivity contribution is 5.95. The van der Waals surface area contributed by atoms with Gasteiger partial charge >= 0.3 is 0 Å². The maximum Gasteiger partial charge on any atom is 0.254 e. The Morgan fingerprint density at radius 1 is 1.08 bits per heavy atom. The average Bonchev–Trinajstić information content (AvgIpc) is 3.08. The Hall–Kier alpha value is -2.37. The molecule has 1 fully saturated rings. The Labute approximate surface area is 147 Å². The monoisotopic (exact) mass is 337 g/mol. The Morgan fingerprint density at radius 3 is 2.48 bits per heavy atom. The van der Waals surface area contributed by atoms with E-state index < -0.39 is 6.10 Å². The van der Waals surface area contributed by atoms with Crippen LogP contribution < -0.4 is 10.6 Å². The molecule has 0 spiro atoms. The predicted octanol–water partition coefficient (Wildman–Crippen LogP) is 1.74. The molecule has 4 rings (SSSR count). The summed E-state index contributed by atoms with van der Waals surface area (Å²) in [5.41, 5.74) is 10.2. The van der Waals surface area contributed by atoms with Gasteiger partial charge in [0.05, 0.1) is 6.10 Å². The lowest BCUT2D eigenvalue weighted by Gasteiger charge is -2.34. The molecule has 2 heterocycles. The van der Waals surface area contributed by atoms with Crippen LogP contribution in [0.4, 0.5) is 5.69 Å². The molecule has 0 radical (unpaired) electrons. The molecule has 5 heteroatoms. The molecular weight excluding hydrogens is 314 g/mol. The second kappa shape index (κ2) is 6.50. The lowest BCUT2D eigenvalue weighted by Crippen LogP contribution is -2.52. The molecule has 25 heavy (non-hydrogen) atoms. The highest BCUT2D eigenvalue weighted by Gasteiger charge is 2.28. The van der Waals surface area contributed by atoms with Crippen molar-refractivity contribution in [3.8, 4) is 0 Å². The van der Waals surface area contributed by atoms with Crippen molar-refractivity contribution in [1.82, 2.24) is 4.90 Å². The number of amides is 1. The van der Waals surface area contributed by atoms with Crippen molar-refractivity contribution in [1.29, 1.82) is 0 Å². The van der Waals surface area contributed by atoms with Crippen LogP contribution in [-0.2, 0) is 13.1 Å². The van der Waals surface area contributed by atoms with E-state index in [1.165, 1.54) is 11.1 Å². The van der Waals surface area contributed by atoms with Gasteiger partial charge in [-0.1, -0.05) is 30.3 Å². The predicted molar refractivity (Wildman–Crippen MR) is 97.3 cm³/mol. The van der Waals surface area contributed by atoms with Gasteiger partial charge in [-0.3, -0.25) is 4.79 Å². The minimum absolute atomic E-state index is 0.0375. The van der Waals surface area contributed by atoms with Gasteiger partial charge in [-0.25, -0.2) is 0 Å². The van der Waals surface area contributed by atoms with E-state index in [1.807, 2.05) is 24.3 Å². The van der Waals surface area contributed by atoms with Crippen molar-refractivity contribution in [2.24, 2.45) is 5.73 Å². The smallest absolute Gasteiger partial charge is 0.254 e. The molecule has 2 atom stereocenters. The van der Waals surface area contributed by atoms with E-state index in [2.05, 4.69) is 29.2 Å². The van der Waals surface area contributed by atoms with Crippen LogP contribution >= 0.6 is 0 Å². The molecule has 2 aliphatic heterocycles. The van der Waals surface area contributed by atoms with Gasteiger partial charge in [0.2, 0.25) is 0 Å². The lowest BCUT2D eigenvalue weighted by molar-refractivity contribution is 0.0395. The number of aliphatic hydroxyl groups is 1. The second-order valence-corrected chi connectivity index (χ2v) is 6.95. The van der Waals surface area contributed by atoms with Gasteiger partial charge in [-0.2, -0.15) is 0 Å². The number of likely N-dealkylation sites (tertiary alicyclic amines) is 1. The fourth-order valence-electron chi connectivity index (χ4n) is 3.67. The van der Waals surface area contributed by atoms with E-state index in [-0.39, 0.29) is 11.9 Å². The average molecular weight is 337 g/mol. The van der Waals surface area contributed by atoms with Gasteiger partial charge in [0, 0.05) is 43.5 Å². The van der Waals surface area contributed by atoms with Crippen LogP contribution in [0.1, 0.15) is 27.9 Å². The third-order valence-corrected chi connectivity index (χ3v) is 5.22. The third-order valence-electron chi connectivity index (χ3n) is 5.22. The molecule has 3 N–H and O–H groups in total. The highest BCUT2D eigenvalue weighted by atomic mass is 16.3. The number of piperidine rings is 1. The maximum absolute atomic E-state index is 12.8. The number of rotatable bonds is 2. The Morgan fingerprint density at radius 2 is 1.80 bits per heavy atom. The molecule has 0 unspecified atom stereocenters. The SMILES string of the molecule is N[C@@H]1CCN(C(=O)c2cccc(N3Cc4ccccc4C3)c2)C[C@H]1O. The molecule has 0 bridgehead atoms. The molecule has 1 amide bonds. The lowest BCUT2D eigenvalue weighted by atomic mass is 10.0. The van der Waals surface area contributed by atoms with E-state index in [9.17, 15) is 9.90 Å². The number of nitrogens with two attached hydrogens (primary N) is 1. The number of benzene rings is 2. The fourth-order valence-corrected chi connectivity index (χ4v) is 3.67. The maximum atomic E-state index is 12.8. The quantitative estimate of drug-likeness (QED) is 0.876. The van der Waals surface area contributed by atoms with E-state index >= 15 is 0 Å². The number of anilines is 1. The number of aliphatic hydroxyl groups excluding tert-OH is 1. The standard InChI is InChI=1S/C20H23N3O2/c21-18-8-9-22(13-19(18)24)20(25)14-6-3-7-17(10-14)23-11-15-4-1-2-5-16(15)12-23/h1-7,10,18-19,24H,8-9,11-13,21H2/t18-,19-/m1/s1. The number of hydrogen-bond acceptors (Lipinski definition) is 4. The second-order valence-electron chi connectivity index (χ2n) is 6.95. The molecule has 2 aromatic rings. The van der Waals surface area contributed by atoms with Gasteiger partial charge in [0.1, 0.15) is 0 Å². The van der Waals surface area contributed by atoms with Crippen LogP contribution in [0, 0.1) is 0 Å². The summed E-state index contributed by atoms with van der Waals surface area (Å²) in [7, 11) is 0. The molecule has 2 aromatic carbocycles. The van der Waals surface area contributed by atoms with E-state index in [4.69, 9.17) is 5.73 Å². The summed E-state index contributed by atoms with van der Waals surface area (Å²) in [6, 6.07) is 16.0. The normalized spacial score (nSPS) is 22.8. The molecular formula is C20H23N3O2. The summed E-state index contributed by atoms with van der Waals surface area (Å²) >= 11 is 0. The molecule has 1 saturated heterocycles. The van der Waals surface area contributed by atoms with E-state index in [0.717, 1.165) is 18.8 Å². The van der Waals surface area contributed by atoms with Gasteiger partial charge in [0.15, 0.2) is 0 Å². The summed E-state index contributed by atoms with van der Waals surface area (Å²) in [5.74, 6) is -0.0375. The van der Waals surface area contributed by atoms with Crippen LogP contribution in [0.5, 0.6) is 0 Å². The minimum Gasteiger partial charge on any atom is -0.390 e. The molecule has 0 aromatic heterocycles. The molecule has 5 nitrogen and oxygen atoms in total. The van der Waals surface area contributed by atoms with Gasteiger partial charge in [0.25, 0.3) is 5.91 Å². The first-order chi connectivity index (χ1) is 12.1. The number of nitrogens with zero attached hydrogens (tertiary/aromatic N) is 2. The molecule has 130 valence electrons. The molecule has 0 saturated carbocycles. The van der Waals surface area contributed by atoms with Crippen molar-refractivity contribution in [3.63, 3.8) is 0 Å². The first-order valence-electron chi connectivity index (χ1n) is 8.76. The van der Waals surface area contributed by atoms with Crippen molar-refractivity contribution >= 4 is 11.6 Å². The highest BCUT2D eigenvalue weighted by Crippen LogP contribution is 2.29. The first-order valence-corrected chi connectivity index (χ1v) is 8.76. The van der Waals surface area contributed by atoms with Gasteiger partial charge in [-0.05, 0) is 35.7 Å². The van der Waals surface area contributed by atoms with Crippen LogP contribution in [-0.4, -0.2) is 41.1 Å². The Balaban J connectivity index is 1.51. The summed E-state index contributed by atoms with van der Waals surface area (Å²) in [6.07, 6.45) is -0.0115. The largest absolute Gasteiger partial charge is 0.390 e. The van der Waals surface area contributed by atoms with Crippen molar-refractivity contribution in [2.45, 2.75) is 31.7 Å². The molecule has 2 aliphatic rings. The molecule has 0 aliphatic carbocycles. The Bertz CT molecular complexity index is 767. The van der Waals surface area contributed by atoms with Crippen LogP contribution in [0.25, 0.3) is 0 Å². The third kappa shape index (κ3) is 3.13. The topological polar surface area (TPSA) is 69.8 Å². The number of β-amino-alcohol motifs (C(OH)–C–C–N with tert-alkyl or cyclic N) is 1. The number of carbonyl (C=O) groups excluding carboxylic acids is 1. The van der Waals surface area contributed by atoms with Crippen molar-refractivity contribution in [2.75, 3.05) is 18.0 Å². The van der Waals surface area contributed by atoms with Crippen LogP contribution in [0.2, 0.25) is 0 Å². The number of hydrogen-bond donors (Lipinski definition) is 2. The summed E-state index contributed by atoms with van der Waals surface area (Å²) < 4.78 is 0. The van der Waals surface area contributed by atoms with Gasteiger partial charge in [-0.15, -0.1) is 0 Å². The van der Waals surface area contributed by atoms with Gasteiger partial charge < -0.3 is 20.6 Å². The van der Waals surface area contributed by atoms with Crippen LogP contribution in [0.15, 0.2) is 48.5 Å². The first kappa shape index (κ1) is 16.1. The zero-order valence-electron chi connectivity index (χ0n) is 14.1. The summed E-state index contributed by atoms with van der Waals surface area (Å²) in [6.45, 7) is 2.63. The fraction of sp³-hybridized carbons (Fsp3) is 0.350. The Kier molecular flexibility index (Phi) is 4.19. The van der Waals surface area contributed by atoms with Crippen molar-refractivity contribution in [3.05, 3.63) is 65.2 Å². The number of fused-ring (bicyclic) bond motifs is 1. The zero-order chi connectivity index (χ0) is 17.4. The van der Waals surface area contributed by atoms with Crippen LogP contribution in [0.3, 0.4) is 0 Å².